The summed E-state index contributed by atoms with van der Waals surface area (Å²) in [6.07, 6.45) is 0. The van der Waals surface area contributed by atoms with Gasteiger partial charge in [0.15, 0.2) is 0 Å². The topological polar surface area (TPSA) is 0 Å². The summed E-state index contributed by atoms with van der Waals surface area (Å²) < 4.78 is 0. The quantitative estimate of drug-likeness (QED) is 0.120. The molecule has 0 heteroatoms. The Morgan fingerprint density at radius 2 is 0.583 bits per heavy atom. The van der Waals surface area contributed by atoms with E-state index < -0.39 is 0 Å². The zero-order chi connectivity index (χ0) is 31.3. The molecule has 0 bridgehead atoms. The molecule has 0 aromatic heterocycles. The van der Waals surface area contributed by atoms with Crippen LogP contribution in [0.25, 0.3) is 86.9 Å². The second-order valence-corrected chi connectivity index (χ2v) is 12.9. The van der Waals surface area contributed by atoms with E-state index in [9.17, 15) is 0 Å². The van der Waals surface area contributed by atoms with Gasteiger partial charge in [0, 0.05) is 33.4 Å². The minimum Gasteiger partial charge on any atom is -0.0610 e. The van der Waals surface area contributed by atoms with Gasteiger partial charge in [-0.15, -0.1) is 0 Å². The molecule has 0 N–H and O–H groups in total. The van der Waals surface area contributed by atoms with Crippen LogP contribution < -0.4 is 0 Å². The Morgan fingerprint density at radius 1 is 0.250 bits per heavy atom. The maximum absolute atomic E-state index is 3.59. The van der Waals surface area contributed by atoms with E-state index in [1.54, 1.807) is 0 Å². The highest BCUT2D eigenvalue weighted by molar-refractivity contribution is 6.25. The summed E-state index contributed by atoms with van der Waals surface area (Å²) in [7, 11) is 0. The lowest BCUT2D eigenvalue weighted by atomic mass is 9.75. The SMILES string of the molecule is C(#Cc1ccc2ccc3cccc4ccc1c2c34)c1cccc2c1-c1c(C#Cc3ccc4ccc5cccc6ccc3c4c56)cccc1-2. The van der Waals surface area contributed by atoms with Crippen molar-refractivity contribution >= 4 is 64.6 Å². The first-order valence-electron chi connectivity index (χ1n) is 16.4. The lowest BCUT2D eigenvalue weighted by molar-refractivity contribution is 1.47. The van der Waals surface area contributed by atoms with Crippen LogP contribution in [0.15, 0.2) is 146 Å². The average molecular weight is 601 g/mol. The molecule has 0 radical (unpaired) electrons. The third kappa shape index (κ3) is 3.47. The Bertz CT molecular complexity index is 2870. The number of benzene rings is 10. The third-order valence-electron chi connectivity index (χ3n) is 10.4. The fourth-order valence-corrected chi connectivity index (χ4v) is 8.20. The largest absolute Gasteiger partial charge is 0.0610 e. The molecular weight excluding hydrogens is 577 g/mol. The van der Waals surface area contributed by atoms with Gasteiger partial charge in [-0.05, 0) is 100 Å². The minimum absolute atomic E-state index is 1.04. The number of fused-ring (bicyclic) bond motifs is 4. The highest BCUT2D eigenvalue weighted by Crippen LogP contribution is 2.50. The van der Waals surface area contributed by atoms with Crippen LogP contribution in [-0.4, -0.2) is 0 Å². The summed E-state index contributed by atoms with van der Waals surface area (Å²) in [4.78, 5) is 0. The van der Waals surface area contributed by atoms with E-state index in [1.165, 1.54) is 86.9 Å². The van der Waals surface area contributed by atoms with Crippen molar-refractivity contribution in [2.45, 2.75) is 0 Å². The maximum Gasteiger partial charge on any atom is 0.0334 e. The van der Waals surface area contributed by atoms with Crippen LogP contribution in [0.2, 0.25) is 0 Å². The number of hydrogen-bond acceptors (Lipinski definition) is 0. The van der Waals surface area contributed by atoms with Gasteiger partial charge >= 0.3 is 0 Å². The molecule has 0 unspecified atom stereocenters. The van der Waals surface area contributed by atoms with Crippen molar-refractivity contribution in [3.05, 3.63) is 168 Å². The molecular formula is C48H24. The molecule has 10 aromatic carbocycles. The maximum atomic E-state index is 3.59. The van der Waals surface area contributed by atoms with E-state index in [4.69, 9.17) is 0 Å². The van der Waals surface area contributed by atoms with Gasteiger partial charge in [0.2, 0.25) is 0 Å². The van der Waals surface area contributed by atoms with Crippen molar-refractivity contribution in [3.63, 3.8) is 0 Å². The standard InChI is InChI=1S/C48H24/c1-5-31-21-23-37-19-15-29(39-27-25-33(7-1)43(31)45(37)39)13-17-35-9-3-11-41-42-12-4-10-36(48(42)47(35)41)18-14-30-16-20-38-24-22-32-6-2-8-34-26-28-40(30)46(38)44(32)34/h1-12,15-16,19-28H. The number of hydrogen-bond donors (Lipinski definition) is 0. The zero-order valence-electron chi connectivity index (χ0n) is 25.9. The van der Waals surface area contributed by atoms with Crippen molar-refractivity contribution in [2.75, 3.05) is 0 Å². The molecule has 0 saturated heterocycles. The van der Waals surface area contributed by atoms with Crippen LogP contribution in [0.5, 0.6) is 0 Å². The summed E-state index contributed by atoms with van der Waals surface area (Å²) in [6, 6.07) is 52.6. The van der Waals surface area contributed by atoms with Gasteiger partial charge in [-0.2, -0.15) is 0 Å². The average Bonchev–Trinajstić information content (AvgIpc) is 3.13. The fraction of sp³-hybridized carbons (Fsp3) is 0. The first-order valence-corrected chi connectivity index (χ1v) is 16.4. The first-order chi connectivity index (χ1) is 23.8. The van der Waals surface area contributed by atoms with Crippen molar-refractivity contribution in [1.29, 1.82) is 0 Å². The van der Waals surface area contributed by atoms with Gasteiger partial charge in [-0.25, -0.2) is 0 Å². The van der Waals surface area contributed by atoms with Crippen LogP contribution >= 0.6 is 0 Å². The Balaban J connectivity index is 1.03. The van der Waals surface area contributed by atoms with E-state index in [0.717, 1.165) is 22.3 Å². The predicted molar refractivity (Wildman–Crippen MR) is 203 cm³/mol. The van der Waals surface area contributed by atoms with Crippen molar-refractivity contribution < 1.29 is 0 Å². The fourth-order valence-electron chi connectivity index (χ4n) is 8.20. The molecule has 0 nitrogen and oxygen atoms in total. The zero-order valence-corrected chi connectivity index (χ0v) is 25.9. The van der Waals surface area contributed by atoms with Crippen LogP contribution in [0.4, 0.5) is 0 Å². The first kappa shape index (κ1) is 25.6. The summed E-state index contributed by atoms with van der Waals surface area (Å²) in [5.74, 6) is 14.4. The molecule has 0 heterocycles. The van der Waals surface area contributed by atoms with E-state index in [-0.39, 0.29) is 0 Å². The lowest BCUT2D eigenvalue weighted by Crippen LogP contribution is -2.04. The van der Waals surface area contributed by atoms with Gasteiger partial charge in [0.1, 0.15) is 0 Å². The second-order valence-electron chi connectivity index (χ2n) is 12.9. The summed E-state index contributed by atoms with van der Waals surface area (Å²) in [6.45, 7) is 0. The van der Waals surface area contributed by atoms with Gasteiger partial charge in [-0.1, -0.05) is 145 Å². The molecule has 10 aromatic rings. The molecule has 1 aliphatic carbocycles. The van der Waals surface area contributed by atoms with E-state index >= 15 is 0 Å². The van der Waals surface area contributed by atoms with Crippen LogP contribution in [-0.2, 0) is 0 Å². The Kier molecular flexibility index (Phi) is 5.04. The molecule has 0 aliphatic heterocycles. The van der Waals surface area contributed by atoms with Gasteiger partial charge < -0.3 is 0 Å². The summed E-state index contributed by atoms with van der Waals surface area (Å²) in [5, 5.41) is 15.2. The Morgan fingerprint density at radius 3 is 1.02 bits per heavy atom. The van der Waals surface area contributed by atoms with Crippen LogP contribution in [0, 0.1) is 23.7 Å². The van der Waals surface area contributed by atoms with Gasteiger partial charge in [-0.3, -0.25) is 0 Å². The van der Waals surface area contributed by atoms with Crippen LogP contribution in [0.1, 0.15) is 22.3 Å². The molecule has 0 atom stereocenters. The monoisotopic (exact) mass is 600 g/mol. The molecule has 216 valence electrons. The summed E-state index contributed by atoms with van der Waals surface area (Å²) >= 11 is 0. The van der Waals surface area contributed by atoms with E-state index in [2.05, 4.69) is 169 Å². The van der Waals surface area contributed by atoms with E-state index in [0.29, 0.717) is 0 Å². The highest BCUT2D eigenvalue weighted by Gasteiger charge is 2.27. The Hall–Kier alpha value is -6.60. The minimum atomic E-state index is 1.04. The molecule has 0 fully saturated rings. The van der Waals surface area contributed by atoms with Gasteiger partial charge in [0.05, 0.1) is 0 Å². The number of rotatable bonds is 0. The highest BCUT2D eigenvalue weighted by atomic mass is 14.3. The lowest BCUT2D eigenvalue weighted by Gasteiger charge is -2.26. The molecule has 0 amide bonds. The van der Waals surface area contributed by atoms with Crippen LogP contribution in [0.3, 0.4) is 0 Å². The molecule has 48 heavy (non-hydrogen) atoms. The van der Waals surface area contributed by atoms with Crippen molar-refractivity contribution in [2.24, 2.45) is 0 Å². The van der Waals surface area contributed by atoms with E-state index in [1.807, 2.05) is 0 Å². The predicted octanol–water partition coefficient (Wildman–Crippen LogP) is 11.9. The second kappa shape index (κ2) is 9.47. The molecule has 1 aliphatic rings. The smallest absolute Gasteiger partial charge is 0.0334 e. The third-order valence-corrected chi connectivity index (χ3v) is 10.4. The molecule has 11 rings (SSSR count). The molecule has 0 saturated carbocycles. The van der Waals surface area contributed by atoms with Gasteiger partial charge in [0.25, 0.3) is 0 Å². The van der Waals surface area contributed by atoms with Crippen molar-refractivity contribution in [3.8, 4) is 45.9 Å². The van der Waals surface area contributed by atoms with Crippen molar-refractivity contribution in [1.82, 2.24) is 0 Å². The Labute approximate surface area is 277 Å². The normalized spacial score (nSPS) is 11.8. The summed E-state index contributed by atoms with van der Waals surface area (Å²) in [5.41, 5.74) is 9.11. The molecule has 0 spiro atoms.